The second-order valence-corrected chi connectivity index (χ2v) is 3.55. The molecule has 2 rings (SSSR count). The quantitative estimate of drug-likeness (QED) is 0.793. The number of alkyl halides is 1. The van der Waals surface area contributed by atoms with Crippen molar-refractivity contribution in [3.8, 4) is 11.5 Å². The van der Waals surface area contributed by atoms with Crippen molar-refractivity contribution in [2.24, 2.45) is 5.73 Å². The summed E-state index contributed by atoms with van der Waals surface area (Å²) < 4.78 is 23.5. The van der Waals surface area contributed by atoms with Crippen LogP contribution in [0.4, 0.5) is 4.39 Å². The van der Waals surface area contributed by atoms with Gasteiger partial charge < -0.3 is 15.2 Å². The zero-order chi connectivity index (χ0) is 11.7. The average Bonchev–Trinajstić information content (AvgIpc) is 2.74. The lowest BCUT2D eigenvalue weighted by Crippen LogP contribution is -2.14. The van der Waals surface area contributed by atoms with Gasteiger partial charge in [0.05, 0.1) is 12.1 Å². The van der Waals surface area contributed by atoms with Crippen molar-refractivity contribution in [1.82, 2.24) is 0 Å². The van der Waals surface area contributed by atoms with E-state index in [-0.39, 0.29) is 24.7 Å². The Hall–Kier alpha value is -1.62. The van der Waals surface area contributed by atoms with Crippen molar-refractivity contribution in [3.05, 3.63) is 23.3 Å². The molecule has 16 heavy (non-hydrogen) atoms. The number of hydrogen-bond acceptors (Lipinski definition) is 4. The molecule has 1 atom stereocenters. The van der Waals surface area contributed by atoms with Crippen LogP contribution in [0.15, 0.2) is 12.1 Å². The average molecular weight is 225 g/mol. The second kappa shape index (κ2) is 4.09. The molecule has 0 radical (unpaired) electrons. The topological polar surface area (TPSA) is 61.6 Å². The first-order chi connectivity index (χ1) is 7.63. The molecular formula is C11H12FNO3. The molecule has 0 spiro atoms. The van der Waals surface area contributed by atoms with E-state index in [0.29, 0.717) is 17.1 Å². The highest BCUT2D eigenvalue weighted by Gasteiger charge is 2.24. The van der Waals surface area contributed by atoms with Gasteiger partial charge in [-0.15, -0.1) is 0 Å². The van der Waals surface area contributed by atoms with Gasteiger partial charge in [0.2, 0.25) is 6.79 Å². The van der Waals surface area contributed by atoms with Gasteiger partial charge in [0.15, 0.2) is 17.3 Å². The van der Waals surface area contributed by atoms with Crippen molar-refractivity contribution in [2.45, 2.75) is 13.1 Å². The van der Waals surface area contributed by atoms with Crippen molar-refractivity contribution < 1.29 is 18.7 Å². The van der Waals surface area contributed by atoms with E-state index in [4.69, 9.17) is 15.2 Å². The standard InChI is InChI=1S/C11H12FNO3/c1-6(12)7-2-8(9(14)4-13)11-10(3-7)15-5-16-11/h2-3,6H,4-5,13H2,1H3. The largest absolute Gasteiger partial charge is 0.454 e. The third-order valence-corrected chi connectivity index (χ3v) is 2.44. The van der Waals surface area contributed by atoms with Crippen LogP contribution in [0, 0.1) is 0 Å². The number of nitrogens with two attached hydrogens (primary N) is 1. The SMILES string of the molecule is CC(F)c1cc2c(c(C(=O)CN)c1)OCO2. The van der Waals surface area contributed by atoms with E-state index in [1.807, 2.05) is 0 Å². The Kier molecular flexibility index (Phi) is 2.78. The van der Waals surface area contributed by atoms with Crippen LogP contribution in [0.25, 0.3) is 0 Å². The molecule has 0 amide bonds. The van der Waals surface area contributed by atoms with E-state index in [0.717, 1.165) is 0 Å². The van der Waals surface area contributed by atoms with Gasteiger partial charge in [-0.2, -0.15) is 0 Å². The number of benzene rings is 1. The highest BCUT2D eigenvalue weighted by atomic mass is 19.1. The van der Waals surface area contributed by atoms with Crippen molar-refractivity contribution in [3.63, 3.8) is 0 Å². The number of ketones is 1. The summed E-state index contributed by atoms with van der Waals surface area (Å²) in [6, 6.07) is 3.01. The van der Waals surface area contributed by atoms with Gasteiger partial charge in [-0.25, -0.2) is 4.39 Å². The van der Waals surface area contributed by atoms with Gasteiger partial charge in [-0.05, 0) is 24.6 Å². The minimum atomic E-state index is -1.17. The molecule has 5 heteroatoms. The molecule has 0 fully saturated rings. The third kappa shape index (κ3) is 1.74. The Morgan fingerprint density at radius 2 is 2.31 bits per heavy atom. The van der Waals surface area contributed by atoms with Crippen LogP contribution in [-0.2, 0) is 0 Å². The van der Waals surface area contributed by atoms with Crippen LogP contribution in [0.3, 0.4) is 0 Å². The Morgan fingerprint density at radius 3 is 2.94 bits per heavy atom. The minimum absolute atomic E-state index is 0.0459. The lowest BCUT2D eigenvalue weighted by Gasteiger charge is -2.08. The summed E-state index contributed by atoms with van der Waals surface area (Å²) >= 11 is 0. The highest BCUT2D eigenvalue weighted by Crippen LogP contribution is 2.38. The minimum Gasteiger partial charge on any atom is -0.454 e. The Balaban J connectivity index is 2.53. The van der Waals surface area contributed by atoms with Crippen LogP contribution >= 0.6 is 0 Å². The summed E-state index contributed by atoms with van der Waals surface area (Å²) in [5, 5.41) is 0. The molecule has 0 saturated carbocycles. The van der Waals surface area contributed by atoms with Gasteiger partial charge in [0, 0.05) is 0 Å². The molecular weight excluding hydrogens is 213 g/mol. The summed E-state index contributed by atoms with van der Waals surface area (Å²) in [7, 11) is 0. The van der Waals surface area contributed by atoms with Gasteiger partial charge in [0.1, 0.15) is 6.17 Å². The molecule has 0 bridgehead atoms. The van der Waals surface area contributed by atoms with Crippen LogP contribution in [-0.4, -0.2) is 19.1 Å². The highest BCUT2D eigenvalue weighted by molar-refractivity contribution is 6.01. The number of Topliss-reactive ketones (excluding diaryl/α,β-unsaturated/α-hetero) is 1. The molecule has 2 N–H and O–H groups in total. The van der Waals surface area contributed by atoms with E-state index in [2.05, 4.69) is 0 Å². The summed E-state index contributed by atoms with van der Waals surface area (Å²) in [5.41, 5.74) is 5.96. The number of carbonyl (C=O) groups excluding carboxylic acids is 1. The van der Waals surface area contributed by atoms with E-state index in [1.54, 1.807) is 6.07 Å². The molecule has 1 aliphatic heterocycles. The number of fused-ring (bicyclic) bond motifs is 1. The lowest BCUT2D eigenvalue weighted by atomic mass is 10.0. The van der Waals surface area contributed by atoms with Crippen LogP contribution in [0.2, 0.25) is 0 Å². The first kappa shape index (κ1) is 10.9. The van der Waals surface area contributed by atoms with E-state index in [1.165, 1.54) is 13.0 Å². The smallest absolute Gasteiger partial charge is 0.231 e. The Bertz CT molecular complexity index is 431. The van der Waals surface area contributed by atoms with E-state index in [9.17, 15) is 9.18 Å². The summed E-state index contributed by atoms with van der Waals surface area (Å²) in [6.45, 7) is 1.30. The number of carbonyl (C=O) groups is 1. The molecule has 1 aromatic carbocycles. The molecule has 0 aliphatic carbocycles. The third-order valence-electron chi connectivity index (χ3n) is 2.44. The molecule has 86 valence electrons. The maximum Gasteiger partial charge on any atom is 0.231 e. The second-order valence-electron chi connectivity index (χ2n) is 3.55. The fourth-order valence-electron chi connectivity index (χ4n) is 1.58. The molecule has 1 heterocycles. The van der Waals surface area contributed by atoms with Gasteiger partial charge in [0.25, 0.3) is 0 Å². The first-order valence-corrected chi connectivity index (χ1v) is 4.94. The zero-order valence-electron chi connectivity index (χ0n) is 8.83. The number of ether oxygens (including phenoxy) is 2. The maximum atomic E-state index is 13.2. The Labute approximate surface area is 92.1 Å². The van der Waals surface area contributed by atoms with Crippen LogP contribution in [0.5, 0.6) is 11.5 Å². The molecule has 1 aromatic rings. The van der Waals surface area contributed by atoms with E-state index >= 15 is 0 Å². The summed E-state index contributed by atoms with van der Waals surface area (Å²) in [4.78, 5) is 11.6. The molecule has 1 aliphatic rings. The van der Waals surface area contributed by atoms with Crippen molar-refractivity contribution in [1.29, 1.82) is 0 Å². The lowest BCUT2D eigenvalue weighted by molar-refractivity contribution is 0.0996. The molecule has 0 aromatic heterocycles. The predicted molar refractivity (Wildman–Crippen MR) is 55.5 cm³/mol. The van der Waals surface area contributed by atoms with Crippen molar-refractivity contribution in [2.75, 3.05) is 13.3 Å². The zero-order valence-corrected chi connectivity index (χ0v) is 8.83. The van der Waals surface area contributed by atoms with Crippen LogP contribution < -0.4 is 15.2 Å². The fourth-order valence-corrected chi connectivity index (χ4v) is 1.58. The maximum absolute atomic E-state index is 13.2. The van der Waals surface area contributed by atoms with Gasteiger partial charge >= 0.3 is 0 Å². The monoisotopic (exact) mass is 225 g/mol. The predicted octanol–water partition coefficient (Wildman–Crippen LogP) is 1.59. The van der Waals surface area contributed by atoms with E-state index < -0.39 is 6.17 Å². The normalized spacial score (nSPS) is 14.9. The first-order valence-electron chi connectivity index (χ1n) is 4.94. The fraction of sp³-hybridized carbons (Fsp3) is 0.364. The number of hydrogen-bond donors (Lipinski definition) is 1. The summed E-state index contributed by atoms with van der Waals surface area (Å²) in [6.07, 6.45) is -1.17. The number of rotatable bonds is 3. The Morgan fingerprint density at radius 1 is 1.56 bits per heavy atom. The van der Waals surface area contributed by atoms with Gasteiger partial charge in [-0.1, -0.05) is 0 Å². The molecule has 4 nitrogen and oxygen atoms in total. The number of halogens is 1. The molecule has 1 unspecified atom stereocenters. The van der Waals surface area contributed by atoms with Gasteiger partial charge in [-0.3, -0.25) is 4.79 Å². The summed E-state index contributed by atoms with van der Waals surface area (Å²) in [5.74, 6) is 0.475. The van der Waals surface area contributed by atoms with Crippen LogP contribution in [0.1, 0.15) is 29.0 Å². The molecule has 0 saturated heterocycles. The van der Waals surface area contributed by atoms with Crippen molar-refractivity contribution >= 4 is 5.78 Å².